The summed E-state index contributed by atoms with van der Waals surface area (Å²) < 4.78 is 11.1. The van der Waals surface area contributed by atoms with Gasteiger partial charge in [-0.2, -0.15) is 0 Å². The number of rotatable bonds is 4. The maximum Gasteiger partial charge on any atom is 0.219 e. The second kappa shape index (κ2) is 6.50. The molecule has 0 unspecified atom stereocenters. The van der Waals surface area contributed by atoms with Crippen LogP contribution in [-0.4, -0.2) is 54.3 Å². The molecule has 0 radical (unpaired) electrons. The Morgan fingerprint density at radius 2 is 2.25 bits per heavy atom. The van der Waals surface area contributed by atoms with Crippen LogP contribution >= 0.6 is 0 Å². The van der Waals surface area contributed by atoms with E-state index in [2.05, 4.69) is 14.9 Å². The molecule has 0 aliphatic carbocycles. The quantitative estimate of drug-likeness (QED) is 0.830. The summed E-state index contributed by atoms with van der Waals surface area (Å²) >= 11 is 0. The van der Waals surface area contributed by atoms with Crippen LogP contribution in [0.2, 0.25) is 0 Å². The lowest BCUT2D eigenvalue weighted by molar-refractivity contribution is 0.168. The van der Waals surface area contributed by atoms with Gasteiger partial charge in [0, 0.05) is 38.2 Å². The predicted octanol–water partition coefficient (Wildman–Crippen LogP) is 1.31. The molecular formula is C15H23N3O2. The highest BCUT2D eigenvalue weighted by atomic mass is 16.5. The van der Waals surface area contributed by atoms with E-state index in [0.29, 0.717) is 12.5 Å². The van der Waals surface area contributed by atoms with Crippen molar-refractivity contribution in [2.24, 2.45) is 5.92 Å². The third-order valence-electron chi connectivity index (χ3n) is 4.16. The highest BCUT2D eigenvalue weighted by Gasteiger charge is 2.23. The molecule has 1 atom stereocenters. The molecule has 20 heavy (non-hydrogen) atoms. The number of nitrogens with zero attached hydrogens (tertiary/aromatic N) is 3. The summed E-state index contributed by atoms with van der Waals surface area (Å²) in [6, 6.07) is 0. The summed E-state index contributed by atoms with van der Waals surface area (Å²) in [5.74, 6) is 1.48. The van der Waals surface area contributed by atoms with Gasteiger partial charge in [0.25, 0.3) is 0 Å². The fraction of sp³-hybridized carbons (Fsp3) is 0.733. The Morgan fingerprint density at radius 1 is 1.35 bits per heavy atom. The van der Waals surface area contributed by atoms with E-state index in [0.717, 1.165) is 57.3 Å². The van der Waals surface area contributed by atoms with E-state index >= 15 is 0 Å². The highest BCUT2D eigenvalue weighted by molar-refractivity contribution is 5.31. The van der Waals surface area contributed by atoms with Crippen molar-refractivity contribution >= 4 is 0 Å². The van der Waals surface area contributed by atoms with Gasteiger partial charge in [-0.3, -0.25) is 0 Å². The van der Waals surface area contributed by atoms with E-state index in [4.69, 9.17) is 9.47 Å². The largest absolute Gasteiger partial charge is 0.478 e. The van der Waals surface area contributed by atoms with Crippen LogP contribution in [0.3, 0.4) is 0 Å². The van der Waals surface area contributed by atoms with Crippen LogP contribution in [0.4, 0.5) is 0 Å². The number of aromatic nitrogens is 2. The van der Waals surface area contributed by atoms with Gasteiger partial charge in [0.2, 0.25) is 5.88 Å². The van der Waals surface area contributed by atoms with Gasteiger partial charge in [0.05, 0.1) is 18.9 Å². The Hall–Kier alpha value is -1.20. The van der Waals surface area contributed by atoms with E-state index < -0.39 is 0 Å². The van der Waals surface area contributed by atoms with Crippen molar-refractivity contribution in [1.29, 1.82) is 0 Å². The smallest absolute Gasteiger partial charge is 0.219 e. The molecule has 0 aromatic carbocycles. The van der Waals surface area contributed by atoms with Crippen LogP contribution < -0.4 is 4.74 Å². The minimum Gasteiger partial charge on any atom is -0.478 e. The zero-order valence-corrected chi connectivity index (χ0v) is 12.2. The minimum absolute atomic E-state index is 0.659. The third-order valence-corrected chi connectivity index (χ3v) is 4.16. The van der Waals surface area contributed by atoms with Crippen LogP contribution in [0.15, 0.2) is 6.33 Å². The van der Waals surface area contributed by atoms with Crippen molar-refractivity contribution < 1.29 is 9.47 Å². The molecule has 0 N–H and O–H groups in total. The normalized spacial score (nSPS) is 23.4. The molecule has 3 heterocycles. The maximum absolute atomic E-state index is 5.64. The first-order chi connectivity index (χ1) is 9.86. The molecule has 1 saturated heterocycles. The van der Waals surface area contributed by atoms with Crippen molar-refractivity contribution in [3.05, 3.63) is 17.6 Å². The fourth-order valence-electron chi connectivity index (χ4n) is 3.08. The summed E-state index contributed by atoms with van der Waals surface area (Å²) in [5.41, 5.74) is 2.37. The molecule has 0 amide bonds. The number of hydrogen-bond acceptors (Lipinski definition) is 5. The van der Waals surface area contributed by atoms with Gasteiger partial charge < -0.3 is 14.4 Å². The van der Waals surface area contributed by atoms with Crippen LogP contribution in [0.1, 0.15) is 24.6 Å². The predicted molar refractivity (Wildman–Crippen MR) is 76.0 cm³/mol. The van der Waals surface area contributed by atoms with Crippen LogP contribution in [0, 0.1) is 5.92 Å². The summed E-state index contributed by atoms with van der Waals surface area (Å²) in [6.45, 7) is 7.80. The summed E-state index contributed by atoms with van der Waals surface area (Å²) in [7, 11) is 0. The molecule has 1 fully saturated rings. The van der Waals surface area contributed by atoms with E-state index in [-0.39, 0.29) is 0 Å². The summed E-state index contributed by atoms with van der Waals surface area (Å²) in [5, 5.41) is 0. The second-order valence-electron chi connectivity index (χ2n) is 5.57. The Bertz CT molecular complexity index is 447. The SMILES string of the molecule is CCOc1ncnc2c1CCN(C[C@@H]1CCOC1)CC2. The first-order valence-corrected chi connectivity index (χ1v) is 7.62. The van der Waals surface area contributed by atoms with Gasteiger partial charge in [0.15, 0.2) is 0 Å². The molecule has 0 bridgehead atoms. The lowest BCUT2D eigenvalue weighted by atomic mass is 10.1. The van der Waals surface area contributed by atoms with E-state index in [9.17, 15) is 0 Å². The molecule has 1 aromatic rings. The van der Waals surface area contributed by atoms with E-state index in [1.165, 1.54) is 12.0 Å². The molecule has 2 aliphatic heterocycles. The fourth-order valence-corrected chi connectivity index (χ4v) is 3.08. The Balaban J connectivity index is 1.66. The minimum atomic E-state index is 0.659. The Kier molecular flexibility index (Phi) is 4.47. The molecule has 5 nitrogen and oxygen atoms in total. The van der Waals surface area contributed by atoms with Crippen molar-refractivity contribution in [2.75, 3.05) is 39.5 Å². The third kappa shape index (κ3) is 3.10. The first kappa shape index (κ1) is 13.8. The summed E-state index contributed by atoms with van der Waals surface area (Å²) in [4.78, 5) is 11.3. The molecule has 5 heteroatoms. The van der Waals surface area contributed by atoms with E-state index in [1.54, 1.807) is 6.33 Å². The van der Waals surface area contributed by atoms with Gasteiger partial charge in [-0.15, -0.1) is 0 Å². The highest BCUT2D eigenvalue weighted by Crippen LogP contribution is 2.23. The monoisotopic (exact) mass is 277 g/mol. The molecule has 2 aliphatic rings. The van der Waals surface area contributed by atoms with Crippen LogP contribution in [-0.2, 0) is 17.6 Å². The van der Waals surface area contributed by atoms with Gasteiger partial charge in [0.1, 0.15) is 6.33 Å². The lowest BCUT2D eigenvalue weighted by Crippen LogP contribution is -2.32. The van der Waals surface area contributed by atoms with Crippen molar-refractivity contribution in [1.82, 2.24) is 14.9 Å². The first-order valence-electron chi connectivity index (χ1n) is 7.62. The second-order valence-corrected chi connectivity index (χ2v) is 5.57. The average molecular weight is 277 g/mol. The number of hydrogen-bond donors (Lipinski definition) is 0. The van der Waals surface area contributed by atoms with Crippen LogP contribution in [0.5, 0.6) is 5.88 Å². The van der Waals surface area contributed by atoms with Crippen molar-refractivity contribution in [2.45, 2.75) is 26.2 Å². The van der Waals surface area contributed by atoms with Crippen molar-refractivity contribution in [3.63, 3.8) is 0 Å². The zero-order chi connectivity index (χ0) is 13.8. The Morgan fingerprint density at radius 3 is 3.05 bits per heavy atom. The molecule has 3 rings (SSSR count). The molecule has 110 valence electrons. The molecule has 0 saturated carbocycles. The average Bonchev–Trinajstić information content (AvgIpc) is 2.87. The van der Waals surface area contributed by atoms with Gasteiger partial charge >= 0.3 is 0 Å². The van der Waals surface area contributed by atoms with Gasteiger partial charge in [-0.25, -0.2) is 9.97 Å². The molecule has 0 spiro atoms. The zero-order valence-electron chi connectivity index (χ0n) is 12.2. The Labute approximate surface area is 120 Å². The number of ether oxygens (including phenoxy) is 2. The molecule has 1 aromatic heterocycles. The van der Waals surface area contributed by atoms with Gasteiger partial charge in [-0.05, 0) is 25.7 Å². The maximum atomic E-state index is 5.64. The lowest BCUT2D eigenvalue weighted by Gasteiger charge is -2.22. The molecular weight excluding hydrogens is 254 g/mol. The van der Waals surface area contributed by atoms with Crippen LogP contribution in [0.25, 0.3) is 0 Å². The van der Waals surface area contributed by atoms with E-state index in [1.807, 2.05) is 6.92 Å². The van der Waals surface area contributed by atoms with Crippen molar-refractivity contribution in [3.8, 4) is 5.88 Å². The topological polar surface area (TPSA) is 47.5 Å². The summed E-state index contributed by atoms with van der Waals surface area (Å²) in [6.07, 6.45) is 4.81. The number of fused-ring (bicyclic) bond motifs is 1. The standard InChI is InChI=1S/C15H23N3O2/c1-2-20-15-13-3-6-18(9-12-5-8-19-10-12)7-4-14(13)16-11-17-15/h11-12H,2-10H2,1H3/t12-/m0/s1. The van der Waals surface area contributed by atoms with Gasteiger partial charge in [-0.1, -0.05) is 0 Å².